The Labute approximate surface area is 235 Å². The number of nitrogens with zero attached hydrogens (tertiary/aromatic N) is 1. The Morgan fingerprint density at radius 2 is 1.60 bits per heavy atom. The number of benzene rings is 3. The molecule has 1 atom stereocenters. The van der Waals surface area contributed by atoms with Gasteiger partial charge in [0.1, 0.15) is 11.9 Å². The van der Waals surface area contributed by atoms with Crippen LogP contribution in [0.3, 0.4) is 0 Å². The van der Waals surface area contributed by atoms with E-state index in [1.807, 2.05) is 66.7 Å². The topological polar surface area (TPSA) is 104 Å². The number of aromatic amines is 1. The number of ether oxygens (including phenoxy) is 1. The summed E-state index contributed by atoms with van der Waals surface area (Å²) >= 11 is 0. The molecule has 1 saturated heterocycles. The highest BCUT2D eigenvalue weighted by molar-refractivity contribution is 7.89. The molecule has 9 heteroatoms. The lowest BCUT2D eigenvalue weighted by Gasteiger charge is -2.31. The smallest absolute Gasteiger partial charge is 0.269 e. The first-order chi connectivity index (χ1) is 19.1. The maximum absolute atomic E-state index is 13.8. The maximum atomic E-state index is 13.8. The van der Waals surface area contributed by atoms with E-state index in [1.54, 1.807) is 12.1 Å². The first-order valence-electron chi connectivity index (χ1n) is 13.5. The molecule has 2 heterocycles. The first-order valence-corrected chi connectivity index (χ1v) is 15.0. The number of amides is 1. The fraction of sp³-hybridized carbons (Fsp3) is 0.323. The number of sulfonamides is 1. The molecule has 1 aliphatic heterocycles. The molecule has 1 amide bonds. The summed E-state index contributed by atoms with van der Waals surface area (Å²) in [6, 6.07) is 24.3. The lowest BCUT2D eigenvalue weighted by molar-refractivity contribution is 0.0328. The van der Waals surface area contributed by atoms with Gasteiger partial charge in [-0.2, -0.15) is 4.72 Å². The van der Waals surface area contributed by atoms with Gasteiger partial charge in [-0.25, -0.2) is 8.42 Å². The van der Waals surface area contributed by atoms with Crippen molar-refractivity contribution >= 4 is 26.8 Å². The average Bonchev–Trinajstić information content (AvgIpc) is 3.33. The zero-order chi connectivity index (χ0) is 28.3. The third kappa shape index (κ3) is 6.28. The van der Waals surface area contributed by atoms with Crippen LogP contribution in [0.25, 0.3) is 22.0 Å². The molecule has 1 unspecified atom stereocenters. The quantitative estimate of drug-likeness (QED) is 0.276. The first kappa shape index (κ1) is 28.0. The van der Waals surface area contributed by atoms with Gasteiger partial charge in [0.15, 0.2) is 0 Å². The summed E-state index contributed by atoms with van der Waals surface area (Å²) in [6.07, 6.45) is -0.868. The van der Waals surface area contributed by atoms with Crippen LogP contribution in [0.1, 0.15) is 36.8 Å². The Hall–Kier alpha value is -3.50. The minimum Gasteiger partial charge on any atom is -0.379 e. The fourth-order valence-corrected chi connectivity index (χ4v) is 6.13. The van der Waals surface area contributed by atoms with E-state index in [9.17, 15) is 13.2 Å². The molecule has 1 aliphatic rings. The van der Waals surface area contributed by atoms with E-state index in [4.69, 9.17) is 4.74 Å². The number of morpholine rings is 1. The lowest BCUT2D eigenvalue weighted by Crippen LogP contribution is -2.55. The van der Waals surface area contributed by atoms with Crippen molar-refractivity contribution in [3.05, 3.63) is 90.1 Å². The third-order valence-electron chi connectivity index (χ3n) is 7.17. The Kier molecular flexibility index (Phi) is 8.09. The van der Waals surface area contributed by atoms with Crippen LogP contribution in [0.5, 0.6) is 0 Å². The molecule has 0 bridgehead atoms. The number of carbonyl (C=O) groups excluding carboxylic acids is 1. The van der Waals surface area contributed by atoms with Gasteiger partial charge in [-0.15, -0.1) is 0 Å². The zero-order valence-corrected chi connectivity index (χ0v) is 23.9. The second-order valence-electron chi connectivity index (χ2n) is 11.1. The number of hydrogen-bond acceptors (Lipinski definition) is 5. The van der Waals surface area contributed by atoms with Gasteiger partial charge in [0.05, 0.1) is 18.1 Å². The van der Waals surface area contributed by atoms with E-state index in [2.05, 4.69) is 40.7 Å². The number of rotatable bonds is 8. The van der Waals surface area contributed by atoms with Crippen molar-refractivity contribution < 1.29 is 17.9 Å². The predicted octanol–water partition coefficient (Wildman–Crippen LogP) is 4.50. The van der Waals surface area contributed by atoms with Gasteiger partial charge < -0.3 is 15.0 Å². The molecule has 0 saturated carbocycles. The summed E-state index contributed by atoms with van der Waals surface area (Å²) in [4.78, 5) is 19.3. The number of H-pyrrole nitrogens is 1. The van der Waals surface area contributed by atoms with Crippen LogP contribution in [0.15, 0.2) is 83.8 Å². The van der Waals surface area contributed by atoms with Gasteiger partial charge in [0.2, 0.25) is 10.0 Å². The van der Waals surface area contributed by atoms with Crippen molar-refractivity contribution in [1.82, 2.24) is 19.9 Å². The second-order valence-corrected chi connectivity index (χ2v) is 12.8. The SMILES string of the molecule is CC(C)(C)c1ccc(S(=O)(=O)NC(CN2CCOCC2)NC(=O)c2[nH]c3ccccc3c2-c2ccccc2)cc1. The second kappa shape index (κ2) is 11.5. The van der Waals surface area contributed by atoms with Crippen molar-refractivity contribution in [3.63, 3.8) is 0 Å². The molecule has 8 nitrogen and oxygen atoms in total. The van der Waals surface area contributed by atoms with E-state index in [0.29, 0.717) is 38.5 Å². The van der Waals surface area contributed by atoms with Gasteiger partial charge >= 0.3 is 0 Å². The number of nitrogens with one attached hydrogen (secondary N) is 3. The van der Waals surface area contributed by atoms with Crippen molar-refractivity contribution in [2.75, 3.05) is 32.8 Å². The summed E-state index contributed by atoms with van der Waals surface area (Å²) in [5.74, 6) is -0.390. The molecule has 5 rings (SSSR count). The summed E-state index contributed by atoms with van der Waals surface area (Å²) in [5, 5.41) is 3.89. The Morgan fingerprint density at radius 1 is 0.950 bits per heavy atom. The number of carbonyl (C=O) groups is 1. The van der Waals surface area contributed by atoms with E-state index >= 15 is 0 Å². The molecule has 0 radical (unpaired) electrons. The standard InChI is InChI=1S/C31H36N4O4S/c1-31(2,3)23-13-15-24(16-14-23)40(37,38)34-27(21-35-17-19-39-20-18-35)33-30(36)29-28(22-9-5-4-6-10-22)25-11-7-8-12-26(25)32-29/h4-16,27,32,34H,17-21H2,1-3H3,(H,33,36). The van der Waals surface area contributed by atoms with Gasteiger partial charge in [-0.1, -0.05) is 81.4 Å². The molecular weight excluding hydrogens is 524 g/mol. The molecule has 3 aromatic carbocycles. The maximum Gasteiger partial charge on any atom is 0.269 e. The van der Waals surface area contributed by atoms with Gasteiger partial charge in [0.25, 0.3) is 5.91 Å². The molecule has 1 aromatic heterocycles. The lowest BCUT2D eigenvalue weighted by atomic mass is 9.87. The van der Waals surface area contributed by atoms with Crippen molar-refractivity contribution in [2.24, 2.45) is 0 Å². The van der Waals surface area contributed by atoms with Gasteiger partial charge in [-0.3, -0.25) is 9.69 Å². The van der Waals surface area contributed by atoms with Crippen LogP contribution in [-0.2, 0) is 20.2 Å². The van der Waals surface area contributed by atoms with Crippen molar-refractivity contribution in [1.29, 1.82) is 0 Å². The van der Waals surface area contributed by atoms with Crippen LogP contribution in [0.2, 0.25) is 0 Å². The highest BCUT2D eigenvalue weighted by Crippen LogP contribution is 2.32. The van der Waals surface area contributed by atoms with Crippen LogP contribution < -0.4 is 10.0 Å². The number of aromatic nitrogens is 1. The number of para-hydroxylation sites is 1. The average molecular weight is 561 g/mol. The van der Waals surface area contributed by atoms with E-state index in [-0.39, 0.29) is 16.2 Å². The third-order valence-corrected chi connectivity index (χ3v) is 8.66. The number of fused-ring (bicyclic) bond motifs is 1. The summed E-state index contributed by atoms with van der Waals surface area (Å²) in [6.45, 7) is 8.95. The van der Waals surface area contributed by atoms with Crippen molar-refractivity contribution in [3.8, 4) is 11.1 Å². The molecule has 1 fully saturated rings. The van der Waals surface area contributed by atoms with Crippen LogP contribution in [0.4, 0.5) is 0 Å². The van der Waals surface area contributed by atoms with Crippen LogP contribution >= 0.6 is 0 Å². The molecule has 3 N–H and O–H groups in total. The summed E-state index contributed by atoms with van der Waals surface area (Å²) < 4.78 is 35.2. The minimum absolute atomic E-state index is 0.0986. The highest BCUT2D eigenvalue weighted by atomic mass is 32.2. The highest BCUT2D eigenvalue weighted by Gasteiger charge is 2.27. The summed E-state index contributed by atoms with van der Waals surface area (Å²) in [7, 11) is -3.92. The monoisotopic (exact) mass is 560 g/mol. The molecular formula is C31H36N4O4S. The van der Waals surface area contributed by atoms with E-state index in [0.717, 1.165) is 27.6 Å². The van der Waals surface area contributed by atoms with Gasteiger partial charge in [-0.05, 0) is 34.7 Å². The van der Waals surface area contributed by atoms with Gasteiger partial charge in [0, 0.05) is 36.1 Å². The molecule has 210 valence electrons. The zero-order valence-electron chi connectivity index (χ0n) is 23.1. The van der Waals surface area contributed by atoms with Crippen molar-refractivity contribution in [2.45, 2.75) is 37.2 Å². The van der Waals surface area contributed by atoms with Crippen LogP contribution in [0, 0.1) is 0 Å². The fourth-order valence-electron chi connectivity index (χ4n) is 4.99. The normalized spacial score (nSPS) is 15.7. The Balaban J connectivity index is 1.45. The number of hydrogen-bond donors (Lipinski definition) is 3. The Bertz CT molecular complexity index is 1570. The molecule has 0 aliphatic carbocycles. The minimum atomic E-state index is -3.92. The van der Waals surface area contributed by atoms with Crippen LogP contribution in [-0.4, -0.2) is 63.2 Å². The molecule has 0 spiro atoms. The molecule has 40 heavy (non-hydrogen) atoms. The molecule has 4 aromatic rings. The Morgan fingerprint density at radius 3 is 2.27 bits per heavy atom. The summed E-state index contributed by atoms with van der Waals surface area (Å²) in [5.41, 5.74) is 3.83. The van der Waals surface area contributed by atoms with E-state index < -0.39 is 16.2 Å². The largest absolute Gasteiger partial charge is 0.379 e. The predicted molar refractivity (Wildman–Crippen MR) is 158 cm³/mol. The van der Waals surface area contributed by atoms with E-state index in [1.165, 1.54) is 0 Å².